The van der Waals surface area contributed by atoms with Gasteiger partial charge in [-0.05, 0) is 63.8 Å². The summed E-state index contributed by atoms with van der Waals surface area (Å²) in [4.78, 5) is 28.9. The van der Waals surface area contributed by atoms with Crippen LogP contribution in [-0.2, 0) is 6.42 Å². The zero-order valence-corrected chi connectivity index (χ0v) is 22.2. The van der Waals surface area contributed by atoms with Crippen LogP contribution < -0.4 is 20.5 Å². The van der Waals surface area contributed by atoms with Crippen molar-refractivity contribution in [3.63, 3.8) is 0 Å². The normalized spacial score (nSPS) is 17.9. The molecule has 13 heteroatoms. The third-order valence-corrected chi connectivity index (χ3v) is 6.53. The minimum Gasteiger partial charge on any atom is -0.489 e. The van der Waals surface area contributed by atoms with Gasteiger partial charge in [0.25, 0.3) is 11.8 Å². The lowest BCUT2D eigenvalue weighted by Crippen LogP contribution is -2.39. The van der Waals surface area contributed by atoms with Crippen LogP contribution in [0, 0.1) is 0 Å². The summed E-state index contributed by atoms with van der Waals surface area (Å²) in [6.45, 7) is 2.91. The lowest BCUT2D eigenvalue weighted by atomic mass is 9.92. The number of fused-ring (bicyclic) bond motifs is 1. The maximum Gasteiger partial charge on any atom is 0.389 e. The fraction of sp³-hybridized carbons (Fsp3) is 0.481. The molecule has 10 nitrogen and oxygen atoms in total. The predicted molar refractivity (Wildman–Crippen MR) is 138 cm³/mol. The van der Waals surface area contributed by atoms with Gasteiger partial charge < -0.3 is 25.6 Å². The molecule has 2 amide bonds. The summed E-state index contributed by atoms with van der Waals surface area (Å²) in [7, 11) is 0. The highest BCUT2D eigenvalue weighted by atomic mass is 19.4. The molecule has 1 fully saturated rings. The van der Waals surface area contributed by atoms with Crippen molar-refractivity contribution in [2.75, 3.05) is 6.61 Å². The Kier molecular flexibility index (Phi) is 8.52. The first kappa shape index (κ1) is 29.1. The van der Waals surface area contributed by atoms with E-state index in [2.05, 4.69) is 15.4 Å². The molecule has 3 heterocycles. The largest absolute Gasteiger partial charge is 0.489 e. The fourth-order valence-corrected chi connectivity index (χ4v) is 4.56. The number of pyridine rings is 2. The molecule has 1 aliphatic carbocycles. The molecule has 0 spiro atoms. The number of nitrogens with zero attached hydrogens (tertiary/aromatic N) is 3. The van der Waals surface area contributed by atoms with Crippen LogP contribution in [0.4, 0.5) is 13.2 Å². The molecular formula is C27H32F3N5O5. The lowest BCUT2D eigenvalue weighted by molar-refractivity contribution is -0.134. The van der Waals surface area contributed by atoms with Crippen LogP contribution in [-0.4, -0.2) is 62.0 Å². The molecule has 0 saturated heterocycles. The van der Waals surface area contributed by atoms with Gasteiger partial charge in [-0.3, -0.25) is 9.59 Å². The highest BCUT2D eigenvalue weighted by Gasteiger charge is 2.30. The van der Waals surface area contributed by atoms with E-state index < -0.39 is 36.4 Å². The highest BCUT2D eigenvalue weighted by molar-refractivity contribution is 6.00. The average molecular weight is 564 g/mol. The van der Waals surface area contributed by atoms with E-state index in [1.807, 2.05) is 0 Å². The average Bonchev–Trinajstić information content (AvgIpc) is 3.31. The van der Waals surface area contributed by atoms with E-state index in [9.17, 15) is 27.9 Å². The summed E-state index contributed by atoms with van der Waals surface area (Å²) < 4.78 is 51.9. The number of rotatable bonds is 10. The van der Waals surface area contributed by atoms with Crippen molar-refractivity contribution >= 4 is 17.3 Å². The summed E-state index contributed by atoms with van der Waals surface area (Å²) in [5.74, 6) is -0.692. The van der Waals surface area contributed by atoms with E-state index in [0.29, 0.717) is 31.2 Å². The Morgan fingerprint density at radius 3 is 2.52 bits per heavy atom. The molecular weight excluding hydrogens is 531 g/mol. The monoisotopic (exact) mass is 563 g/mol. The van der Waals surface area contributed by atoms with Crippen LogP contribution >= 0.6 is 0 Å². The minimum atomic E-state index is -4.40. The number of amides is 2. The maximum atomic E-state index is 13.1. The number of aromatic nitrogens is 3. The van der Waals surface area contributed by atoms with E-state index in [0.717, 1.165) is 0 Å². The molecule has 0 radical (unpaired) electrons. The van der Waals surface area contributed by atoms with Crippen molar-refractivity contribution in [1.29, 1.82) is 0 Å². The van der Waals surface area contributed by atoms with Crippen LogP contribution in [0.3, 0.4) is 0 Å². The Balaban J connectivity index is 1.44. The third-order valence-electron chi connectivity index (χ3n) is 6.53. The Bertz CT molecular complexity index is 1360. The van der Waals surface area contributed by atoms with Gasteiger partial charge in [-0.1, -0.05) is 0 Å². The summed E-state index contributed by atoms with van der Waals surface area (Å²) >= 11 is 0. The van der Waals surface area contributed by atoms with Crippen molar-refractivity contribution < 1.29 is 37.3 Å². The van der Waals surface area contributed by atoms with E-state index in [4.69, 9.17) is 15.2 Å². The van der Waals surface area contributed by atoms with Crippen LogP contribution in [0.2, 0.25) is 0 Å². The smallest absolute Gasteiger partial charge is 0.389 e. The summed E-state index contributed by atoms with van der Waals surface area (Å²) in [6.07, 6.45) is -0.833. The fourth-order valence-electron chi connectivity index (χ4n) is 4.56. The van der Waals surface area contributed by atoms with Crippen molar-refractivity contribution in [2.45, 2.75) is 76.3 Å². The van der Waals surface area contributed by atoms with Crippen LogP contribution in [0.5, 0.6) is 11.6 Å². The SMILES string of the molecule is CC(C)(O)COc1ccc2c(C(=O)NC3CCC(Oc4ncccc4C(N)=O)CC3)cnn2c1CCC(F)(F)F. The molecule has 0 bridgehead atoms. The van der Waals surface area contributed by atoms with Gasteiger partial charge in [0, 0.05) is 25.1 Å². The van der Waals surface area contributed by atoms with Gasteiger partial charge in [0.05, 0.1) is 28.6 Å². The van der Waals surface area contributed by atoms with Crippen LogP contribution in [0.1, 0.15) is 72.4 Å². The second kappa shape index (κ2) is 11.7. The second-order valence-electron chi connectivity index (χ2n) is 10.5. The second-order valence-corrected chi connectivity index (χ2v) is 10.5. The van der Waals surface area contributed by atoms with Gasteiger partial charge in [-0.25, -0.2) is 9.50 Å². The number of hydrogen-bond acceptors (Lipinski definition) is 7. The molecule has 40 heavy (non-hydrogen) atoms. The predicted octanol–water partition coefficient (Wildman–Crippen LogP) is 3.59. The molecule has 1 aliphatic rings. The summed E-state index contributed by atoms with van der Waals surface area (Å²) in [5.41, 5.74) is 5.11. The molecule has 0 aliphatic heterocycles. The molecule has 1 saturated carbocycles. The van der Waals surface area contributed by atoms with Gasteiger partial charge >= 0.3 is 6.18 Å². The number of nitrogens with one attached hydrogen (secondary N) is 1. The molecule has 4 rings (SSSR count). The van der Waals surface area contributed by atoms with Gasteiger partial charge in [0.15, 0.2) is 0 Å². The number of ether oxygens (including phenoxy) is 2. The number of carbonyl (C=O) groups excluding carboxylic acids is 2. The standard InChI is InChI=1S/C27H32F3N5O5/c1-26(2,38)15-39-22-10-9-20-19(14-33-35(20)21(22)11-12-27(28,29)30)24(37)34-16-5-7-17(8-6-16)40-25-18(23(31)36)4-3-13-32-25/h3-4,9-10,13-14,16-17,38H,5-8,11-12,15H2,1-2H3,(H2,31,36)(H,34,37). The topological polar surface area (TPSA) is 141 Å². The Hall–Kier alpha value is -3.87. The Labute approximate surface area is 228 Å². The molecule has 216 valence electrons. The summed E-state index contributed by atoms with van der Waals surface area (Å²) in [6, 6.07) is 6.05. The van der Waals surface area contributed by atoms with Crippen molar-refractivity contribution in [3.8, 4) is 11.6 Å². The number of aliphatic hydroxyl groups is 1. The number of alkyl halides is 3. The van der Waals surface area contributed by atoms with Crippen molar-refractivity contribution in [3.05, 3.63) is 53.5 Å². The molecule has 3 aromatic heterocycles. The van der Waals surface area contributed by atoms with Gasteiger partial charge in [0.2, 0.25) is 5.88 Å². The Morgan fingerprint density at radius 1 is 1.15 bits per heavy atom. The molecule has 0 aromatic carbocycles. The van der Waals surface area contributed by atoms with Crippen LogP contribution in [0.25, 0.3) is 5.52 Å². The molecule has 3 aromatic rings. The molecule has 4 N–H and O–H groups in total. The Morgan fingerprint density at radius 2 is 1.88 bits per heavy atom. The first-order chi connectivity index (χ1) is 18.8. The number of halogens is 3. The first-order valence-corrected chi connectivity index (χ1v) is 12.9. The van der Waals surface area contributed by atoms with E-state index in [1.165, 1.54) is 36.8 Å². The van der Waals surface area contributed by atoms with Gasteiger partial charge in [-0.15, -0.1) is 0 Å². The third kappa shape index (κ3) is 7.40. The number of primary amides is 1. The van der Waals surface area contributed by atoms with Crippen molar-refractivity contribution in [2.24, 2.45) is 5.73 Å². The quantitative estimate of drug-likeness (QED) is 0.342. The minimum absolute atomic E-state index is 0.136. The van der Waals surface area contributed by atoms with E-state index in [1.54, 1.807) is 18.2 Å². The van der Waals surface area contributed by atoms with E-state index in [-0.39, 0.29) is 47.2 Å². The first-order valence-electron chi connectivity index (χ1n) is 12.9. The zero-order chi connectivity index (χ0) is 29.1. The number of aryl methyl sites for hydroxylation is 1. The van der Waals surface area contributed by atoms with E-state index >= 15 is 0 Å². The van der Waals surface area contributed by atoms with Gasteiger partial charge in [0.1, 0.15) is 24.0 Å². The molecule has 0 unspecified atom stereocenters. The lowest BCUT2D eigenvalue weighted by Gasteiger charge is -2.29. The van der Waals surface area contributed by atoms with Crippen molar-refractivity contribution in [1.82, 2.24) is 19.9 Å². The number of carbonyl (C=O) groups is 2. The molecule has 0 atom stereocenters. The zero-order valence-electron chi connectivity index (χ0n) is 22.2. The maximum absolute atomic E-state index is 13.1. The van der Waals surface area contributed by atoms with Crippen LogP contribution in [0.15, 0.2) is 36.7 Å². The highest BCUT2D eigenvalue weighted by Crippen LogP contribution is 2.30. The number of hydrogen-bond donors (Lipinski definition) is 3. The van der Waals surface area contributed by atoms with Gasteiger partial charge in [-0.2, -0.15) is 18.3 Å². The number of nitrogens with two attached hydrogens (primary N) is 1. The summed E-state index contributed by atoms with van der Waals surface area (Å²) in [5, 5.41) is 17.2.